The Hall–Kier alpha value is -5.33. The second-order valence-corrected chi connectivity index (χ2v) is 8.60. The summed E-state index contributed by atoms with van der Waals surface area (Å²) in [6.45, 7) is -0.600. The van der Waals surface area contributed by atoms with Gasteiger partial charge >= 0.3 is 18.1 Å². The van der Waals surface area contributed by atoms with Crippen LogP contribution in [0.3, 0.4) is 0 Å². The van der Waals surface area contributed by atoms with Gasteiger partial charge in [-0.25, -0.2) is 14.4 Å². The van der Waals surface area contributed by atoms with Gasteiger partial charge in [-0.15, -0.1) is 0 Å². The summed E-state index contributed by atoms with van der Waals surface area (Å²) in [5.41, 5.74) is 2.20. The molecule has 0 aliphatic rings. The first-order valence-electron chi connectivity index (χ1n) is 12.2. The summed E-state index contributed by atoms with van der Waals surface area (Å²) in [7, 11) is 1.60. The van der Waals surface area contributed by atoms with Crippen molar-refractivity contribution in [2.75, 3.05) is 18.4 Å². The number of aromatic nitrogens is 1. The summed E-state index contributed by atoms with van der Waals surface area (Å²) in [6.07, 6.45) is 0.581. The van der Waals surface area contributed by atoms with Crippen LogP contribution in [0.4, 0.5) is 15.3 Å². The van der Waals surface area contributed by atoms with Gasteiger partial charge in [0.25, 0.3) is 5.91 Å². The first-order valence-corrected chi connectivity index (χ1v) is 12.2. The van der Waals surface area contributed by atoms with Crippen molar-refractivity contribution in [2.24, 2.45) is 7.05 Å². The standard InChI is InChI=1S/C27H30N6O7/c1-33-16-20(31-26(38)30-13-18-8-4-2-5-9-18)12-22(33)24(35)29-15-23(34)28-14-21(25(36)37)32-27(39)40-17-19-10-6-3-7-11-19/h2-12,16,21H,13-15,17H2,1H3,(H,28,34)(H,29,35)(H,32,39)(H,36,37)(H2,30,31,38)/t21-/m0/s1. The van der Waals surface area contributed by atoms with E-state index in [9.17, 15) is 29.1 Å². The number of carbonyl (C=O) groups is 5. The molecule has 3 rings (SSSR count). The zero-order valence-electron chi connectivity index (χ0n) is 21.7. The highest BCUT2D eigenvalue weighted by molar-refractivity contribution is 5.97. The fourth-order valence-corrected chi connectivity index (χ4v) is 3.45. The van der Waals surface area contributed by atoms with Gasteiger partial charge in [-0.3, -0.25) is 9.59 Å². The molecule has 3 aromatic rings. The van der Waals surface area contributed by atoms with Gasteiger partial charge in [0.1, 0.15) is 18.3 Å². The molecule has 13 nitrogen and oxygen atoms in total. The first-order chi connectivity index (χ1) is 19.2. The predicted molar refractivity (Wildman–Crippen MR) is 144 cm³/mol. The third kappa shape index (κ3) is 9.52. The van der Waals surface area contributed by atoms with E-state index in [0.29, 0.717) is 12.2 Å². The van der Waals surface area contributed by atoms with Crippen molar-refractivity contribution < 1.29 is 33.8 Å². The summed E-state index contributed by atoms with van der Waals surface area (Å²) < 4.78 is 6.48. The van der Waals surface area contributed by atoms with Gasteiger partial charge in [0.15, 0.2) is 0 Å². The molecule has 210 valence electrons. The normalized spacial score (nSPS) is 11.0. The van der Waals surface area contributed by atoms with Gasteiger partial charge < -0.3 is 41.0 Å². The number of carbonyl (C=O) groups excluding carboxylic acids is 4. The number of carboxylic acid groups (broad SMARTS) is 1. The molecule has 0 aliphatic carbocycles. The maximum atomic E-state index is 12.6. The number of alkyl carbamates (subject to hydrolysis) is 1. The van der Waals surface area contributed by atoms with Crippen molar-refractivity contribution in [3.8, 4) is 0 Å². The molecule has 0 fully saturated rings. The van der Waals surface area contributed by atoms with Crippen molar-refractivity contribution in [1.29, 1.82) is 0 Å². The Morgan fingerprint density at radius 2 is 1.55 bits per heavy atom. The minimum atomic E-state index is -1.45. The number of benzene rings is 2. The van der Waals surface area contributed by atoms with Gasteiger partial charge in [-0.1, -0.05) is 60.7 Å². The molecule has 1 aromatic heterocycles. The number of anilines is 1. The maximum Gasteiger partial charge on any atom is 0.408 e. The Labute approximate surface area is 229 Å². The lowest BCUT2D eigenvalue weighted by Crippen LogP contribution is -2.50. The van der Waals surface area contributed by atoms with Gasteiger partial charge in [0, 0.05) is 26.3 Å². The third-order valence-electron chi connectivity index (χ3n) is 5.51. The minimum absolute atomic E-state index is 0.0495. The number of aryl methyl sites for hydroxylation is 1. The molecule has 0 bridgehead atoms. The number of nitrogens with one attached hydrogen (secondary N) is 5. The van der Waals surface area contributed by atoms with Gasteiger partial charge in [-0.2, -0.15) is 0 Å². The zero-order chi connectivity index (χ0) is 28.9. The summed E-state index contributed by atoms with van der Waals surface area (Å²) in [4.78, 5) is 60.3. The fraction of sp³-hybridized carbons (Fsp3) is 0.222. The smallest absolute Gasteiger partial charge is 0.408 e. The van der Waals surface area contributed by atoms with E-state index in [1.807, 2.05) is 30.3 Å². The zero-order valence-corrected chi connectivity index (χ0v) is 21.7. The topological polar surface area (TPSA) is 180 Å². The van der Waals surface area contributed by atoms with Gasteiger partial charge in [0.05, 0.1) is 12.2 Å². The van der Waals surface area contributed by atoms with Crippen LogP contribution in [0.1, 0.15) is 21.6 Å². The lowest BCUT2D eigenvalue weighted by Gasteiger charge is -2.15. The van der Waals surface area contributed by atoms with E-state index < -0.39 is 49.0 Å². The van der Waals surface area contributed by atoms with Crippen LogP contribution in [0, 0.1) is 0 Å². The average molecular weight is 551 g/mol. The largest absolute Gasteiger partial charge is 0.480 e. The Morgan fingerprint density at radius 1 is 0.900 bits per heavy atom. The highest BCUT2D eigenvalue weighted by Crippen LogP contribution is 2.13. The Bertz CT molecular complexity index is 1330. The highest BCUT2D eigenvalue weighted by atomic mass is 16.5. The van der Waals surface area contributed by atoms with E-state index >= 15 is 0 Å². The number of hydrogen-bond donors (Lipinski definition) is 6. The number of urea groups is 1. The van der Waals surface area contributed by atoms with Gasteiger partial charge in [-0.05, 0) is 17.2 Å². The monoisotopic (exact) mass is 550 g/mol. The van der Waals surface area contributed by atoms with E-state index in [0.717, 1.165) is 11.1 Å². The molecule has 1 heterocycles. The van der Waals surface area contributed by atoms with E-state index in [4.69, 9.17) is 4.74 Å². The number of ether oxygens (including phenoxy) is 1. The van der Waals surface area contributed by atoms with Crippen LogP contribution < -0.4 is 26.6 Å². The quantitative estimate of drug-likeness (QED) is 0.198. The second kappa shape index (κ2) is 14.6. The number of rotatable bonds is 12. The highest BCUT2D eigenvalue weighted by Gasteiger charge is 2.22. The van der Waals surface area contributed by atoms with Crippen molar-refractivity contribution in [3.63, 3.8) is 0 Å². The molecule has 6 N–H and O–H groups in total. The van der Waals surface area contributed by atoms with Crippen LogP contribution in [-0.2, 0) is 34.5 Å². The summed E-state index contributed by atoms with van der Waals surface area (Å²) in [6, 6.07) is 17.7. The first kappa shape index (κ1) is 29.2. The number of amides is 5. The molecule has 13 heteroatoms. The summed E-state index contributed by atoms with van der Waals surface area (Å²) in [5, 5.41) is 21.6. The van der Waals surface area contributed by atoms with Crippen LogP contribution >= 0.6 is 0 Å². The average Bonchev–Trinajstić information content (AvgIpc) is 3.32. The Morgan fingerprint density at radius 3 is 2.20 bits per heavy atom. The van der Waals surface area contributed by atoms with E-state index in [1.54, 1.807) is 37.4 Å². The number of hydrogen-bond acceptors (Lipinski definition) is 6. The molecule has 0 radical (unpaired) electrons. The molecular formula is C27H30N6O7. The molecular weight excluding hydrogens is 520 g/mol. The molecule has 0 spiro atoms. The summed E-state index contributed by atoms with van der Waals surface area (Å²) in [5.74, 6) is -2.64. The molecule has 0 saturated heterocycles. The number of aliphatic carboxylic acids is 1. The lowest BCUT2D eigenvalue weighted by atomic mass is 10.2. The number of carboxylic acids is 1. The Kier molecular flexibility index (Phi) is 10.6. The molecule has 0 aliphatic heterocycles. The molecule has 40 heavy (non-hydrogen) atoms. The van der Waals surface area contributed by atoms with Crippen LogP contribution in [0.15, 0.2) is 72.9 Å². The maximum absolute atomic E-state index is 12.6. The number of nitrogens with zero attached hydrogens (tertiary/aromatic N) is 1. The van der Waals surface area contributed by atoms with E-state index in [-0.39, 0.29) is 12.3 Å². The van der Waals surface area contributed by atoms with Gasteiger partial charge in [0.2, 0.25) is 5.91 Å². The summed E-state index contributed by atoms with van der Waals surface area (Å²) >= 11 is 0. The van der Waals surface area contributed by atoms with Crippen LogP contribution in [0.25, 0.3) is 0 Å². The predicted octanol–water partition coefficient (Wildman–Crippen LogP) is 1.57. The minimum Gasteiger partial charge on any atom is -0.480 e. The molecule has 0 unspecified atom stereocenters. The van der Waals surface area contributed by atoms with Crippen molar-refractivity contribution >= 4 is 35.6 Å². The lowest BCUT2D eigenvalue weighted by molar-refractivity contribution is -0.139. The van der Waals surface area contributed by atoms with Crippen molar-refractivity contribution in [2.45, 2.75) is 19.2 Å². The fourth-order valence-electron chi connectivity index (χ4n) is 3.45. The second-order valence-electron chi connectivity index (χ2n) is 8.60. The van der Waals surface area contributed by atoms with E-state index in [2.05, 4.69) is 26.6 Å². The third-order valence-corrected chi connectivity index (χ3v) is 5.51. The SMILES string of the molecule is Cn1cc(NC(=O)NCc2ccccc2)cc1C(=O)NCC(=O)NC[C@H](NC(=O)OCc1ccccc1)C(=O)O. The van der Waals surface area contributed by atoms with E-state index in [1.165, 1.54) is 16.8 Å². The van der Waals surface area contributed by atoms with Crippen molar-refractivity contribution in [1.82, 2.24) is 25.8 Å². The van der Waals surface area contributed by atoms with Crippen LogP contribution in [0.5, 0.6) is 0 Å². The molecule has 5 amide bonds. The molecule has 0 saturated carbocycles. The Balaban J connectivity index is 1.40. The van der Waals surface area contributed by atoms with Crippen LogP contribution in [0.2, 0.25) is 0 Å². The molecule has 2 aromatic carbocycles. The molecule has 1 atom stereocenters. The van der Waals surface area contributed by atoms with Crippen LogP contribution in [-0.4, -0.2) is 58.7 Å². The van der Waals surface area contributed by atoms with Crippen molar-refractivity contribution in [3.05, 3.63) is 89.7 Å².